The number of benzene rings is 2. The average Bonchev–Trinajstić information content (AvgIpc) is 2.36. The van der Waals surface area contributed by atoms with Crippen LogP contribution in [0.25, 0.3) is 0 Å². The highest BCUT2D eigenvalue weighted by atomic mass is 32.2. The highest BCUT2D eigenvalue weighted by Crippen LogP contribution is 2.21. The molecular formula is C15H14FNO4S. The first kappa shape index (κ1) is 16.0. The summed E-state index contributed by atoms with van der Waals surface area (Å²) in [5.74, 6) is -2.52. The Labute approximate surface area is 127 Å². The standard InChI is InChI=1S/C15H14FNO4S/c1-9-5-10(2)7-11(6-9)17-22(20,21)12-3-4-14(16)13(8-12)15(18)19/h3-8,17H,1-2H3,(H,18,19). The fourth-order valence-corrected chi connectivity index (χ4v) is 3.15. The quantitative estimate of drug-likeness (QED) is 0.906. The van der Waals surface area contributed by atoms with Crippen molar-refractivity contribution in [3.05, 3.63) is 58.9 Å². The van der Waals surface area contributed by atoms with Crippen LogP contribution in [0.4, 0.5) is 10.1 Å². The van der Waals surface area contributed by atoms with Gasteiger partial charge in [0.05, 0.1) is 10.5 Å². The Morgan fingerprint density at radius 2 is 1.68 bits per heavy atom. The number of carboxylic acid groups (broad SMARTS) is 1. The van der Waals surface area contributed by atoms with E-state index in [4.69, 9.17) is 5.11 Å². The number of hydrogen-bond donors (Lipinski definition) is 2. The van der Waals surface area contributed by atoms with Gasteiger partial charge in [-0.15, -0.1) is 0 Å². The predicted octanol–water partition coefficient (Wildman–Crippen LogP) is 2.94. The molecule has 7 heteroatoms. The molecule has 0 unspecified atom stereocenters. The zero-order valence-corrected chi connectivity index (χ0v) is 12.7. The topological polar surface area (TPSA) is 83.5 Å². The summed E-state index contributed by atoms with van der Waals surface area (Å²) in [5.41, 5.74) is 1.42. The Morgan fingerprint density at radius 1 is 1.09 bits per heavy atom. The Bertz CT molecular complexity index is 826. The average molecular weight is 323 g/mol. The molecule has 2 aromatic carbocycles. The van der Waals surface area contributed by atoms with Gasteiger partial charge < -0.3 is 5.11 Å². The molecule has 2 aromatic rings. The van der Waals surface area contributed by atoms with E-state index in [9.17, 15) is 17.6 Å². The molecule has 2 rings (SSSR count). The molecular weight excluding hydrogens is 309 g/mol. The summed E-state index contributed by atoms with van der Waals surface area (Å²) in [7, 11) is -4.00. The number of rotatable bonds is 4. The van der Waals surface area contributed by atoms with Crippen molar-refractivity contribution in [2.75, 3.05) is 4.72 Å². The molecule has 0 saturated heterocycles. The maximum absolute atomic E-state index is 13.3. The summed E-state index contributed by atoms with van der Waals surface area (Å²) in [6.07, 6.45) is 0. The molecule has 0 amide bonds. The van der Waals surface area contributed by atoms with E-state index < -0.39 is 27.4 Å². The Kier molecular flexibility index (Phi) is 4.18. The number of nitrogens with one attached hydrogen (secondary N) is 1. The normalized spacial score (nSPS) is 11.2. The van der Waals surface area contributed by atoms with Gasteiger partial charge in [0.1, 0.15) is 5.82 Å². The third kappa shape index (κ3) is 3.43. The van der Waals surface area contributed by atoms with Crippen molar-refractivity contribution >= 4 is 21.7 Å². The van der Waals surface area contributed by atoms with Crippen molar-refractivity contribution in [1.29, 1.82) is 0 Å². The van der Waals surface area contributed by atoms with Gasteiger partial charge in [-0.3, -0.25) is 4.72 Å². The van der Waals surface area contributed by atoms with Gasteiger partial charge in [0.15, 0.2) is 0 Å². The van der Waals surface area contributed by atoms with Crippen LogP contribution >= 0.6 is 0 Å². The van der Waals surface area contributed by atoms with Gasteiger partial charge in [0, 0.05) is 5.69 Å². The van der Waals surface area contributed by atoms with Gasteiger partial charge in [0.2, 0.25) is 0 Å². The second-order valence-electron chi connectivity index (χ2n) is 4.93. The maximum Gasteiger partial charge on any atom is 0.338 e. The van der Waals surface area contributed by atoms with E-state index in [1.807, 2.05) is 19.9 Å². The molecule has 0 heterocycles. The number of halogens is 1. The molecule has 0 radical (unpaired) electrons. The second-order valence-corrected chi connectivity index (χ2v) is 6.61. The predicted molar refractivity (Wildman–Crippen MR) is 80.1 cm³/mol. The molecule has 0 aliphatic heterocycles. The molecule has 0 aromatic heterocycles. The first-order chi connectivity index (χ1) is 10.2. The second kappa shape index (κ2) is 5.76. The van der Waals surface area contributed by atoms with Crippen molar-refractivity contribution in [1.82, 2.24) is 0 Å². The van der Waals surface area contributed by atoms with Gasteiger partial charge in [-0.2, -0.15) is 0 Å². The van der Waals surface area contributed by atoms with Gasteiger partial charge in [-0.25, -0.2) is 17.6 Å². The fourth-order valence-electron chi connectivity index (χ4n) is 2.08. The SMILES string of the molecule is Cc1cc(C)cc(NS(=O)(=O)c2ccc(F)c(C(=O)O)c2)c1. The van der Waals surface area contributed by atoms with E-state index in [2.05, 4.69) is 4.72 Å². The summed E-state index contributed by atoms with van der Waals surface area (Å²) in [6.45, 7) is 3.65. The lowest BCUT2D eigenvalue weighted by Gasteiger charge is -2.10. The Balaban J connectivity index is 2.42. The first-order valence-electron chi connectivity index (χ1n) is 6.33. The lowest BCUT2D eigenvalue weighted by atomic mass is 10.1. The van der Waals surface area contributed by atoms with E-state index in [0.29, 0.717) is 5.69 Å². The number of sulfonamides is 1. The largest absolute Gasteiger partial charge is 0.478 e. The van der Waals surface area contributed by atoms with Crippen LogP contribution in [0.5, 0.6) is 0 Å². The molecule has 116 valence electrons. The minimum absolute atomic E-state index is 0.314. The number of anilines is 1. The van der Waals surface area contributed by atoms with E-state index in [0.717, 1.165) is 29.3 Å². The van der Waals surface area contributed by atoms with E-state index in [1.165, 1.54) is 0 Å². The zero-order valence-electron chi connectivity index (χ0n) is 11.9. The smallest absolute Gasteiger partial charge is 0.338 e. The van der Waals surface area contributed by atoms with Crippen molar-refractivity contribution in [3.63, 3.8) is 0 Å². The monoisotopic (exact) mass is 323 g/mol. The van der Waals surface area contributed by atoms with Crippen LogP contribution < -0.4 is 4.72 Å². The van der Waals surface area contributed by atoms with Crippen molar-refractivity contribution in [2.24, 2.45) is 0 Å². The van der Waals surface area contributed by atoms with Crippen molar-refractivity contribution in [2.45, 2.75) is 18.7 Å². The van der Waals surface area contributed by atoms with Crippen LogP contribution in [0, 0.1) is 19.7 Å². The highest BCUT2D eigenvalue weighted by molar-refractivity contribution is 7.92. The van der Waals surface area contributed by atoms with Crippen LogP contribution in [-0.4, -0.2) is 19.5 Å². The summed E-state index contributed by atoms with van der Waals surface area (Å²) in [6, 6.07) is 7.81. The number of hydrogen-bond acceptors (Lipinski definition) is 3. The van der Waals surface area contributed by atoms with Gasteiger partial charge in [-0.1, -0.05) is 6.07 Å². The number of carbonyl (C=O) groups is 1. The summed E-state index contributed by atoms with van der Waals surface area (Å²) in [4.78, 5) is 10.6. The first-order valence-corrected chi connectivity index (χ1v) is 7.81. The fraction of sp³-hybridized carbons (Fsp3) is 0.133. The molecule has 5 nitrogen and oxygen atoms in total. The van der Waals surface area contributed by atoms with Crippen LogP contribution in [0.15, 0.2) is 41.3 Å². The summed E-state index contributed by atoms with van der Waals surface area (Å²) >= 11 is 0. The third-order valence-corrected chi connectivity index (χ3v) is 4.33. The van der Waals surface area contributed by atoms with Gasteiger partial charge >= 0.3 is 5.97 Å². The molecule has 0 saturated carbocycles. The lowest BCUT2D eigenvalue weighted by molar-refractivity contribution is 0.0691. The molecule has 0 spiro atoms. The summed E-state index contributed by atoms with van der Waals surface area (Å²) < 4.78 is 40.3. The van der Waals surface area contributed by atoms with Gasteiger partial charge in [-0.05, 0) is 55.3 Å². The van der Waals surface area contributed by atoms with Crippen molar-refractivity contribution in [3.8, 4) is 0 Å². The molecule has 0 bridgehead atoms. The van der Waals surface area contributed by atoms with Crippen molar-refractivity contribution < 1.29 is 22.7 Å². The molecule has 0 atom stereocenters. The molecule has 0 fully saturated rings. The van der Waals surface area contributed by atoms with E-state index in [1.54, 1.807) is 12.1 Å². The van der Waals surface area contributed by atoms with Crippen LogP contribution in [0.2, 0.25) is 0 Å². The van der Waals surface area contributed by atoms with Crippen LogP contribution in [0.3, 0.4) is 0 Å². The number of carboxylic acids is 1. The zero-order chi connectivity index (χ0) is 16.5. The molecule has 0 aliphatic rings. The molecule has 22 heavy (non-hydrogen) atoms. The minimum Gasteiger partial charge on any atom is -0.478 e. The molecule has 0 aliphatic carbocycles. The van der Waals surface area contributed by atoms with Crippen LogP contribution in [0.1, 0.15) is 21.5 Å². The highest BCUT2D eigenvalue weighted by Gasteiger charge is 2.19. The minimum atomic E-state index is -4.00. The van der Waals surface area contributed by atoms with Crippen LogP contribution in [-0.2, 0) is 10.0 Å². The van der Waals surface area contributed by atoms with E-state index >= 15 is 0 Å². The maximum atomic E-state index is 13.3. The number of aryl methyl sites for hydroxylation is 2. The Hall–Kier alpha value is -2.41. The van der Waals surface area contributed by atoms with E-state index in [-0.39, 0.29) is 4.90 Å². The Morgan fingerprint density at radius 3 is 2.23 bits per heavy atom. The number of aromatic carboxylic acids is 1. The third-order valence-electron chi connectivity index (χ3n) is 2.95. The molecule has 2 N–H and O–H groups in total. The lowest BCUT2D eigenvalue weighted by Crippen LogP contribution is -2.14. The van der Waals surface area contributed by atoms with Gasteiger partial charge in [0.25, 0.3) is 10.0 Å². The summed E-state index contributed by atoms with van der Waals surface area (Å²) in [5, 5.41) is 8.86.